The van der Waals surface area contributed by atoms with Crippen LogP contribution in [0.15, 0.2) is 36.5 Å². The van der Waals surface area contributed by atoms with Crippen molar-refractivity contribution in [2.45, 2.75) is 333 Å². The first-order valence-electron chi connectivity index (χ1n) is 30.9. The Morgan fingerprint density at radius 3 is 1.28 bits per heavy atom. The molecule has 0 spiro atoms. The quantitative estimate of drug-likeness (QED) is 0.0193. The number of hydrogen-bond acceptors (Lipinski definition) is 10. The highest BCUT2D eigenvalue weighted by Gasteiger charge is 2.48. The minimum Gasteiger partial charge on any atom is -0.394 e. The molecule has 1 saturated heterocycles. The van der Waals surface area contributed by atoms with E-state index in [0.29, 0.717) is 6.42 Å². The lowest BCUT2D eigenvalue weighted by molar-refractivity contribution is -0.298. The van der Waals surface area contributed by atoms with Crippen molar-refractivity contribution in [3.63, 3.8) is 0 Å². The van der Waals surface area contributed by atoms with Crippen LogP contribution in [0.2, 0.25) is 0 Å². The Morgan fingerprint density at radius 1 is 0.541 bits per heavy atom. The Bertz CT molecular complexity index is 1440. The maximum atomic E-state index is 13.1. The Morgan fingerprint density at radius 2 is 0.905 bits per heavy atom. The molecule has 1 rings (SSSR count). The van der Waals surface area contributed by atoms with Crippen LogP contribution in [0.4, 0.5) is 0 Å². The minimum absolute atomic E-state index is 0.261. The Labute approximate surface area is 454 Å². The molecular formula is C61H115NO11S. The lowest BCUT2D eigenvalue weighted by Crippen LogP contribution is -2.61. The van der Waals surface area contributed by atoms with Gasteiger partial charge in [0, 0.05) is 6.42 Å². The summed E-state index contributed by atoms with van der Waals surface area (Å²) in [5.41, 5.74) is 0. The lowest BCUT2D eigenvalue weighted by Gasteiger charge is -2.41. The molecule has 1 heterocycles. The van der Waals surface area contributed by atoms with Crippen LogP contribution in [-0.2, 0) is 28.9 Å². The van der Waals surface area contributed by atoms with E-state index in [1.165, 1.54) is 218 Å². The van der Waals surface area contributed by atoms with E-state index in [1.54, 1.807) is 6.08 Å². The number of ether oxygens (including phenoxy) is 2. The fourth-order valence-electron chi connectivity index (χ4n) is 9.90. The molecule has 7 unspecified atom stereocenters. The number of nitrogens with one attached hydrogen (secondary N) is 1. The van der Waals surface area contributed by atoms with Gasteiger partial charge in [-0.3, -0.25) is 9.35 Å². The number of amides is 1. The first-order chi connectivity index (χ1) is 36.0. The van der Waals surface area contributed by atoms with Gasteiger partial charge in [0.1, 0.15) is 24.4 Å². The summed E-state index contributed by atoms with van der Waals surface area (Å²) in [6, 6.07) is -0.942. The average molecular weight is 1070 g/mol. The standard InChI is InChI=1S/C61H115NO11S/c1-3-5-7-9-11-13-15-16-17-18-19-20-21-22-23-24-25-26-27-28-29-30-31-32-33-34-35-36-37-38-39-40-41-43-45-47-49-51-57(65)62-54(55(64)50-48-46-44-42-14-12-10-8-6-4-2)53-71-61-59(67)60(73-74(68,69)70)58(66)56(52-63)72-61/h23-24,26-27,48,50,54-56,58-61,63-64,66-67H,3-22,25,28-47,49,51-53H2,1-2H3,(H,62,65)(H,68,69,70)/b24-23-,27-26-,50-48+. The summed E-state index contributed by atoms with van der Waals surface area (Å²) in [5, 5.41) is 44.8. The highest BCUT2D eigenvalue weighted by molar-refractivity contribution is 7.80. The number of aliphatic hydroxyl groups is 4. The van der Waals surface area contributed by atoms with Crippen molar-refractivity contribution in [1.82, 2.24) is 5.32 Å². The summed E-state index contributed by atoms with van der Waals surface area (Å²) in [5.74, 6) is -0.261. The monoisotopic (exact) mass is 1070 g/mol. The average Bonchev–Trinajstić information content (AvgIpc) is 3.38. The van der Waals surface area contributed by atoms with Crippen LogP contribution in [0.3, 0.4) is 0 Å². The highest BCUT2D eigenvalue weighted by Crippen LogP contribution is 2.26. The smallest absolute Gasteiger partial charge is 0.394 e. The molecule has 74 heavy (non-hydrogen) atoms. The van der Waals surface area contributed by atoms with Crippen molar-refractivity contribution >= 4 is 16.3 Å². The van der Waals surface area contributed by atoms with Crippen LogP contribution in [-0.4, -0.2) is 95.4 Å². The van der Waals surface area contributed by atoms with Gasteiger partial charge in [-0.25, -0.2) is 4.18 Å². The Hall–Kier alpha value is -1.68. The van der Waals surface area contributed by atoms with E-state index in [-0.39, 0.29) is 18.9 Å². The number of hydrogen-bond donors (Lipinski definition) is 6. The van der Waals surface area contributed by atoms with Crippen molar-refractivity contribution in [3.05, 3.63) is 36.5 Å². The molecule has 0 aromatic carbocycles. The maximum absolute atomic E-state index is 13.1. The van der Waals surface area contributed by atoms with Crippen LogP contribution in [0.1, 0.15) is 290 Å². The number of carbonyl (C=O) groups excluding carboxylic acids is 1. The van der Waals surface area contributed by atoms with E-state index in [1.807, 2.05) is 6.08 Å². The van der Waals surface area contributed by atoms with Gasteiger partial charge in [0.25, 0.3) is 0 Å². The second kappa shape index (κ2) is 50.8. The lowest BCUT2D eigenvalue weighted by atomic mass is 9.99. The second-order valence-corrected chi connectivity index (χ2v) is 22.7. The van der Waals surface area contributed by atoms with Gasteiger partial charge in [0.2, 0.25) is 5.91 Å². The van der Waals surface area contributed by atoms with Gasteiger partial charge >= 0.3 is 10.4 Å². The number of rotatable bonds is 54. The Kier molecular flexibility index (Phi) is 48.3. The van der Waals surface area contributed by atoms with Crippen LogP contribution in [0.25, 0.3) is 0 Å². The summed E-state index contributed by atoms with van der Waals surface area (Å²) in [4.78, 5) is 13.1. The van der Waals surface area contributed by atoms with E-state index in [0.717, 1.165) is 44.9 Å². The molecule has 1 aliphatic rings. The van der Waals surface area contributed by atoms with Crippen molar-refractivity contribution in [2.75, 3.05) is 13.2 Å². The van der Waals surface area contributed by atoms with Gasteiger partial charge in [0.05, 0.1) is 25.4 Å². The number of allylic oxidation sites excluding steroid dienone is 5. The fourth-order valence-corrected chi connectivity index (χ4v) is 10.4. The maximum Gasteiger partial charge on any atom is 0.397 e. The summed E-state index contributed by atoms with van der Waals surface area (Å²) >= 11 is 0. The number of carbonyl (C=O) groups is 1. The zero-order valence-corrected chi connectivity index (χ0v) is 48.2. The zero-order valence-electron chi connectivity index (χ0n) is 47.4. The molecule has 1 amide bonds. The van der Waals surface area contributed by atoms with Gasteiger partial charge < -0.3 is 35.2 Å². The van der Waals surface area contributed by atoms with E-state index in [4.69, 9.17) is 9.47 Å². The molecule has 1 fully saturated rings. The summed E-state index contributed by atoms with van der Waals surface area (Å²) in [6.07, 6.45) is 56.8. The molecule has 6 N–H and O–H groups in total. The second-order valence-electron chi connectivity index (χ2n) is 21.6. The van der Waals surface area contributed by atoms with Crippen LogP contribution < -0.4 is 5.32 Å². The largest absolute Gasteiger partial charge is 0.397 e. The normalized spacial score (nSPS) is 19.4. The molecule has 0 saturated carbocycles. The molecule has 12 nitrogen and oxygen atoms in total. The van der Waals surface area contributed by atoms with Crippen LogP contribution in [0, 0.1) is 0 Å². The number of aliphatic hydroxyl groups excluding tert-OH is 4. The van der Waals surface area contributed by atoms with Gasteiger partial charge in [0.15, 0.2) is 6.29 Å². The first kappa shape index (κ1) is 70.3. The molecule has 0 aromatic heterocycles. The predicted octanol–water partition coefficient (Wildman–Crippen LogP) is 15.0. The van der Waals surface area contributed by atoms with Crippen molar-refractivity contribution in [1.29, 1.82) is 0 Å². The molecular weight excluding hydrogens is 955 g/mol. The van der Waals surface area contributed by atoms with Crippen molar-refractivity contribution < 1.29 is 51.8 Å². The van der Waals surface area contributed by atoms with Crippen LogP contribution >= 0.6 is 0 Å². The zero-order chi connectivity index (χ0) is 54.0. The van der Waals surface area contributed by atoms with Crippen molar-refractivity contribution in [3.8, 4) is 0 Å². The van der Waals surface area contributed by atoms with E-state index < -0.39 is 59.9 Å². The molecule has 0 bridgehead atoms. The van der Waals surface area contributed by atoms with Gasteiger partial charge in [-0.05, 0) is 51.4 Å². The SMILES string of the molecule is CCCCCCCCCC/C=C/C(O)C(COC1OC(CO)C(O)C(OS(=O)(=O)O)C1O)NC(=O)CCCCCCCCCCCCCCCCCCC/C=C\C/C=C\CCCCCCCCCCCCCCC. The third-order valence-corrected chi connectivity index (χ3v) is 15.1. The van der Waals surface area contributed by atoms with Gasteiger partial charge in [-0.15, -0.1) is 0 Å². The van der Waals surface area contributed by atoms with Crippen molar-refractivity contribution in [2.24, 2.45) is 0 Å². The molecule has 1 aliphatic heterocycles. The molecule has 436 valence electrons. The molecule has 0 aromatic rings. The van der Waals surface area contributed by atoms with Gasteiger partial charge in [-0.2, -0.15) is 8.42 Å². The molecule has 0 radical (unpaired) electrons. The topological polar surface area (TPSA) is 192 Å². The molecule has 7 atom stereocenters. The van der Waals surface area contributed by atoms with E-state index in [9.17, 15) is 38.2 Å². The third kappa shape index (κ3) is 42.4. The summed E-state index contributed by atoms with van der Waals surface area (Å²) < 4.78 is 47.7. The van der Waals surface area contributed by atoms with Crippen LogP contribution in [0.5, 0.6) is 0 Å². The minimum atomic E-state index is -5.09. The Balaban J connectivity index is 2.14. The highest BCUT2D eigenvalue weighted by atomic mass is 32.3. The fraction of sp³-hybridized carbons (Fsp3) is 0.885. The molecule has 13 heteroatoms. The third-order valence-electron chi connectivity index (χ3n) is 14.7. The first-order valence-corrected chi connectivity index (χ1v) is 32.2. The summed E-state index contributed by atoms with van der Waals surface area (Å²) in [6.45, 7) is 3.39. The van der Waals surface area contributed by atoms with E-state index in [2.05, 4.69) is 47.7 Å². The summed E-state index contributed by atoms with van der Waals surface area (Å²) in [7, 11) is -5.09. The van der Waals surface area contributed by atoms with Gasteiger partial charge in [-0.1, -0.05) is 269 Å². The predicted molar refractivity (Wildman–Crippen MR) is 305 cm³/mol. The molecule has 0 aliphatic carbocycles. The van der Waals surface area contributed by atoms with E-state index >= 15 is 0 Å². The number of unbranched alkanes of at least 4 members (excludes halogenated alkanes) is 38.